The van der Waals surface area contributed by atoms with E-state index in [9.17, 15) is 31.5 Å². The second-order valence-electron chi connectivity index (χ2n) is 6.48. The number of hydrogen-bond donors (Lipinski definition) is 1. The van der Waals surface area contributed by atoms with Gasteiger partial charge >= 0.3 is 6.18 Å². The summed E-state index contributed by atoms with van der Waals surface area (Å²) >= 11 is 5.68. The van der Waals surface area contributed by atoms with Crippen LogP contribution in [0.1, 0.15) is 28.8 Å². The summed E-state index contributed by atoms with van der Waals surface area (Å²) in [5.74, 6) is -3.30. The van der Waals surface area contributed by atoms with Crippen LogP contribution in [0.25, 0.3) is 0 Å². The van der Waals surface area contributed by atoms with Crippen molar-refractivity contribution in [3.8, 4) is 0 Å². The highest BCUT2D eigenvalue weighted by Gasteiger charge is 2.34. The van der Waals surface area contributed by atoms with Crippen molar-refractivity contribution in [2.45, 2.75) is 25.1 Å². The molecule has 1 atom stereocenters. The fourth-order valence-corrected chi connectivity index (χ4v) is 3.31. The van der Waals surface area contributed by atoms with Gasteiger partial charge in [-0.05, 0) is 43.2 Å². The predicted octanol–water partition coefficient (Wildman–Crippen LogP) is 4.56. The lowest BCUT2D eigenvalue weighted by atomic mass is 10.0. The molecule has 2 aromatic carbocycles. The average Bonchev–Trinajstić information content (AvgIpc) is 2.63. The van der Waals surface area contributed by atoms with E-state index in [1.807, 2.05) is 0 Å². The van der Waals surface area contributed by atoms with E-state index in [4.69, 9.17) is 11.6 Å². The first kappa shape index (κ1) is 21.0. The number of benzene rings is 2. The molecule has 0 saturated carbocycles. The van der Waals surface area contributed by atoms with Crippen LogP contribution in [0.5, 0.6) is 0 Å². The third-order valence-corrected chi connectivity index (χ3v) is 4.65. The quantitative estimate of drug-likeness (QED) is 0.723. The van der Waals surface area contributed by atoms with Crippen molar-refractivity contribution in [1.82, 2.24) is 5.32 Å². The molecule has 1 fully saturated rings. The molecule has 2 aromatic rings. The number of nitrogens with zero attached hydrogens (tertiary/aromatic N) is 1. The molecule has 0 bridgehead atoms. The summed E-state index contributed by atoms with van der Waals surface area (Å²) in [4.78, 5) is 26.2. The summed E-state index contributed by atoms with van der Waals surface area (Å²) < 4.78 is 65.9. The highest BCUT2D eigenvalue weighted by atomic mass is 35.5. The SMILES string of the molecule is O=C(NC1CCCN(c2ccc(F)cc2F)C1=O)c1cc(Cl)cc(C(F)(F)F)c1. The molecule has 1 heterocycles. The molecule has 0 radical (unpaired) electrons. The maximum atomic E-state index is 14.0. The van der Waals surface area contributed by atoms with Crippen LogP contribution in [0.15, 0.2) is 36.4 Å². The molecule has 29 heavy (non-hydrogen) atoms. The summed E-state index contributed by atoms with van der Waals surface area (Å²) in [7, 11) is 0. The second-order valence-corrected chi connectivity index (χ2v) is 6.92. The van der Waals surface area contributed by atoms with Crippen molar-refractivity contribution in [2.24, 2.45) is 0 Å². The van der Waals surface area contributed by atoms with Crippen molar-refractivity contribution in [1.29, 1.82) is 0 Å². The first-order valence-electron chi connectivity index (χ1n) is 8.51. The highest BCUT2D eigenvalue weighted by Crippen LogP contribution is 2.32. The average molecular weight is 433 g/mol. The first-order chi connectivity index (χ1) is 13.6. The van der Waals surface area contributed by atoms with E-state index in [0.717, 1.165) is 23.1 Å². The molecule has 1 aliphatic rings. The number of hydrogen-bond acceptors (Lipinski definition) is 2. The molecule has 2 amide bonds. The van der Waals surface area contributed by atoms with Gasteiger partial charge in [-0.1, -0.05) is 11.6 Å². The summed E-state index contributed by atoms with van der Waals surface area (Å²) in [5, 5.41) is 2.09. The van der Waals surface area contributed by atoms with Crippen molar-refractivity contribution in [3.05, 3.63) is 64.2 Å². The smallest absolute Gasteiger partial charge is 0.340 e. The lowest BCUT2D eigenvalue weighted by Crippen LogP contribution is -2.52. The number of piperidine rings is 1. The number of rotatable bonds is 3. The highest BCUT2D eigenvalue weighted by molar-refractivity contribution is 6.31. The van der Waals surface area contributed by atoms with Crippen molar-refractivity contribution < 1.29 is 31.5 Å². The Morgan fingerprint density at radius 2 is 1.86 bits per heavy atom. The molecule has 3 rings (SSSR count). The van der Waals surface area contributed by atoms with E-state index in [1.165, 1.54) is 0 Å². The Balaban J connectivity index is 1.80. The number of alkyl halides is 3. The van der Waals surface area contributed by atoms with Crippen LogP contribution in [-0.2, 0) is 11.0 Å². The molecule has 0 aromatic heterocycles. The van der Waals surface area contributed by atoms with Gasteiger partial charge in [0.2, 0.25) is 5.91 Å². The lowest BCUT2D eigenvalue weighted by molar-refractivity contribution is -0.137. The van der Waals surface area contributed by atoms with Crippen molar-refractivity contribution in [2.75, 3.05) is 11.4 Å². The molecule has 0 spiro atoms. The molecule has 0 aliphatic carbocycles. The molecular formula is C19H14ClF5N2O2. The molecule has 154 valence electrons. The fraction of sp³-hybridized carbons (Fsp3) is 0.263. The standard InChI is InChI=1S/C19H14ClF5N2O2/c20-12-7-10(6-11(8-12)19(23,24)25)17(28)26-15-2-1-5-27(18(15)29)16-4-3-13(21)9-14(16)22/h3-4,6-9,15H,1-2,5H2,(H,26,28). The molecule has 4 nitrogen and oxygen atoms in total. The Morgan fingerprint density at radius 1 is 1.14 bits per heavy atom. The third kappa shape index (κ3) is 4.67. The van der Waals surface area contributed by atoms with Gasteiger partial charge in [-0.3, -0.25) is 9.59 Å². The Labute approximate surface area is 167 Å². The summed E-state index contributed by atoms with van der Waals surface area (Å²) in [6.45, 7) is 0.156. The van der Waals surface area contributed by atoms with E-state index < -0.39 is 41.2 Å². The predicted molar refractivity (Wildman–Crippen MR) is 95.7 cm³/mol. The normalized spacial score (nSPS) is 17.4. The van der Waals surface area contributed by atoms with Gasteiger partial charge in [0.1, 0.15) is 17.7 Å². The Bertz CT molecular complexity index is 964. The number of carbonyl (C=O) groups excluding carboxylic acids is 2. The van der Waals surface area contributed by atoms with Crippen LogP contribution in [0, 0.1) is 11.6 Å². The van der Waals surface area contributed by atoms with Gasteiger partial charge in [0, 0.05) is 23.2 Å². The Morgan fingerprint density at radius 3 is 2.52 bits per heavy atom. The number of nitrogens with one attached hydrogen (secondary N) is 1. The zero-order chi connectivity index (χ0) is 21.3. The van der Waals surface area contributed by atoms with Crippen LogP contribution in [-0.4, -0.2) is 24.4 Å². The van der Waals surface area contributed by atoms with Crippen LogP contribution < -0.4 is 10.2 Å². The maximum Gasteiger partial charge on any atom is 0.416 e. The number of carbonyl (C=O) groups is 2. The molecular weight excluding hydrogens is 419 g/mol. The maximum absolute atomic E-state index is 14.0. The molecule has 1 saturated heterocycles. The molecule has 1 unspecified atom stereocenters. The zero-order valence-corrected chi connectivity index (χ0v) is 15.5. The van der Waals surface area contributed by atoms with E-state index in [-0.39, 0.29) is 29.2 Å². The summed E-state index contributed by atoms with van der Waals surface area (Å²) in [6.07, 6.45) is -4.08. The molecule has 1 N–H and O–H groups in total. The number of halogens is 6. The van der Waals surface area contributed by atoms with E-state index in [2.05, 4.69) is 5.32 Å². The van der Waals surface area contributed by atoms with Gasteiger partial charge in [-0.25, -0.2) is 8.78 Å². The number of amides is 2. The van der Waals surface area contributed by atoms with Crippen molar-refractivity contribution in [3.63, 3.8) is 0 Å². The largest absolute Gasteiger partial charge is 0.416 e. The van der Waals surface area contributed by atoms with Gasteiger partial charge in [0.05, 0.1) is 11.3 Å². The minimum atomic E-state index is -4.70. The van der Waals surface area contributed by atoms with Crippen LogP contribution in [0.3, 0.4) is 0 Å². The van der Waals surface area contributed by atoms with Gasteiger partial charge < -0.3 is 10.2 Å². The summed E-state index contributed by atoms with van der Waals surface area (Å²) in [5.41, 5.74) is -1.60. The van der Waals surface area contributed by atoms with E-state index >= 15 is 0 Å². The topological polar surface area (TPSA) is 49.4 Å². The van der Waals surface area contributed by atoms with Gasteiger partial charge in [-0.15, -0.1) is 0 Å². The monoisotopic (exact) mass is 432 g/mol. The third-order valence-electron chi connectivity index (χ3n) is 4.43. The molecule has 1 aliphatic heterocycles. The Hall–Kier alpha value is -2.68. The lowest BCUT2D eigenvalue weighted by Gasteiger charge is -2.32. The van der Waals surface area contributed by atoms with Crippen LogP contribution >= 0.6 is 11.6 Å². The van der Waals surface area contributed by atoms with Gasteiger partial charge in [0.15, 0.2) is 0 Å². The minimum Gasteiger partial charge on any atom is -0.340 e. The van der Waals surface area contributed by atoms with Gasteiger partial charge in [-0.2, -0.15) is 13.2 Å². The van der Waals surface area contributed by atoms with Crippen LogP contribution in [0.4, 0.5) is 27.6 Å². The zero-order valence-electron chi connectivity index (χ0n) is 14.7. The summed E-state index contributed by atoms with van der Waals surface area (Å²) in [6, 6.07) is 4.04. The van der Waals surface area contributed by atoms with Crippen molar-refractivity contribution >= 4 is 29.1 Å². The number of anilines is 1. The van der Waals surface area contributed by atoms with E-state index in [0.29, 0.717) is 24.6 Å². The van der Waals surface area contributed by atoms with E-state index in [1.54, 1.807) is 0 Å². The Kier molecular flexibility index (Phi) is 5.79. The van der Waals surface area contributed by atoms with Crippen LogP contribution in [0.2, 0.25) is 5.02 Å². The minimum absolute atomic E-state index is 0.141. The second kappa shape index (κ2) is 7.98. The fourth-order valence-electron chi connectivity index (χ4n) is 3.07. The van der Waals surface area contributed by atoms with Gasteiger partial charge in [0.25, 0.3) is 5.91 Å². The molecule has 10 heteroatoms. The first-order valence-corrected chi connectivity index (χ1v) is 8.89.